The predicted octanol–water partition coefficient (Wildman–Crippen LogP) is 3.63. The summed E-state index contributed by atoms with van der Waals surface area (Å²) in [6.07, 6.45) is 2.41. The van der Waals surface area contributed by atoms with Gasteiger partial charge in [-0.15, -0.1) is 0 Å². The van der Waals surface area contributed by atoms with Gasteiger partial charge in [-0.3, -0.25) is 4.79 Å². The highest BCUT2D eigenvalue weighted by Crippen LogP contribution is 2.44. The van der Waals surface area contributed by atoms with E-state index in [4.69, 9.17) is 11.6 Å². The summed E-state index contributed by atoms with van der Waals surface area (Å²) < 4.78 is 0.749. The van der Waals surface area contributed by atoms with Crippen LogP contribution in [0.5, 0.6) is 0 Å². The van der Waals surface area contributed by atoms with E-state index in [9.17, 15) is 4.79 Å². The molecule has 0 aliphatic heterocycles. The van der Waals surface area contributed by atoms with Crippen molar-refractivity contribution in [2.45, 2.75) is 19.8 Å². The zero-order chi connectivity index (χ0) is 11.8. The van der Waals surface area contributed by atoms with Gasteiger partial charge in [0.2, 0.25) is 0 Å². The van der Waals surface area contributed by atoms with Gasteiger partial charge in [0, 0.05) is 16.6 Å². The van der Waals surface area contributed by atoms with Gasteiger partial charge in [-0.25, -0.2) is 0 Å². The predicted molar refractivity (Wildman–Crippen MR) is 68.8 cm³/mol. The lowest BCUT2D eigenvalue weighted by atomic mass is 10.1. The molecule has 0 spiro atoms. The van der Waals surface area contributed by atoms with Gasteiger partial charge in [0.25, 0.3) is 5.91 Å². The average molecular weight is 303 g/mol. The summed E-state index contributed by atoms with van der Waals surface area (Å²) >= 11 is 9.17. The molecular formula is C12H13BrClNO. The monoisotopic (exact) mass is 301 g/mol. The Labute approximate surface area is 108 Å². The summed E-state index contributed by atoms with van der Waals surface area (Å²) in [5, 5.41) is 3.56. The van der Waals surface area contributed by atoms with Crippen LogP contribution in [0.25, 0.3) is 0 Å². The highest BCUT2D eigenvalue weighted by atomic mass is 79.9. The van der Waals surface area contributed by atoms with E-state index in [2.05, 4.69) is 28.2 Å². The number of rotatable bonds is 3. The summed E-state index contributed by atoms with van der Waals surface area (Å²) in [4.78, 5) is 11.8. The first-order chi connectivity index (χ1) is 7.50. The van der Waals surface area contributed by atoms with Crippen LogP contribution < -0.4 is 5.32 Å². The Bertz CT molecular complexity index is 429. The highest BCUT2D eigenvalue weighted by molar-refractivity contribution is 9.10. The zero-order valence-corrected chi connectivity index (χ0v) is 11.4. The normalized spacial score (nSPS) is 16.9. The molecule has 0 bridgehead atoms. The van der Waals surface area contributed by atoms with Crippen molar-refractivity contribution in [1.29, 1.82) is 0 Å². The maximum Gasteiger partial charge on any atom is 0.251 e. The van der Waals surface area contributed by atoms with Gasteiger partial charge in [0.1, 0.15) is 0 Å². The quantitative estimate of drug-likeness (QED) is 0.907. The Hall–Kier alpha value is -0.540. The number of amides is 1. The van der Waals surface area contributed by atoms with E-state index < -0.39 is 0 Å². The van der Waals surface area contributed by atoms with E-state index in [1.165, 1.54) is 12.8 Å². The Morgan fingerprint density at radius 2 is 2.25 bits per heavy atom. The van der Waals surface area contributed by atoms with Crippen molar-refractivity contribution in [2.24, 2.45) is 5.41 Å². The molecule has 1 aliphatic carbocycles. The minimum atomic E-state index is -0.0366. The van der Waals surface area contributed by atoms with Crippen molar-refractivity contribution < 1.29 is 4.79 Å². The molecule has 1 amide bonds. The Morgan fingerprint density at radius 3 is 2.81 bits per heavy atom. The molecule has 1 aromatic rings. The van der Waals surface area contributed by atoms with Crippen LogP contribution in [-0.4, -0.2) is 12.5 Å². The number of nitrogens with one attached hydrogen (secondary N) is 1. The number of hydrogen-bond acceptors (Lipinski definition) is 1. The van der Waals surface area contributed by atoms with Crippen LogP contribution in [0.2, 0.25) is 5.02 Å². The van der Waals surface area contributed by atoms with Gasteiger partial charge >= 0.3 is 0 Å². The van der Waals surface area contributed by atoms with Crippen molar-refractivity contribution in [1.82, 2.24) is 5.32 Å². The molecule has 2 rings (SSSR count). The lowest BCUT2D eigenvalue weighted by Gasteiger charge is -2.10. The molecular weight excluding hydrogens is 289 g/mol. The third-order valence-corrected chi connectivity index (χ3v) is 4.18. The first kappa shape index (κ1) is 11.9. The average Bonchev–Trinajstić information content (AvgIpc) is 2.98. The minimum absolute atomic E-state index is 0.0366. The number of hydrogen-bond donors (Lipinski definition) is 1. The summed E-state index contributed by atoms with van der Waals surface area (Å²) in [7, 11) is 0. The highest BCUT2D eigenvalue weighted by Gasteiger charge is 2.37. The third kappa shape index (κ3) is 2.77. The molecule has 1 N–H and O–H groups in total. The van der Waals surface area contributed by atoms with Gasteiger partial charge < -0.3 is 5.32 Å². The largest absolute Gasteiger partial charge is 0.351 e. The van der Waals surface area contributed by atoms with Crippen LogP contribution in [0.1, 0.15) is 30.1 Å². The number of benzene rings is 1. The van der Waals surface area contributed by atoms with Crippen LogP contribution in [0.4, 0.5) is 0 Å². The second-order valence-electron chi connectivity index (χ2n) is 4.62. The van der Waals surface area contributed by atoms with E-state index >= 15 is 0 Å². The van der Waals surface area contributed by atoms with Crippen LogP contribution in [-0.2, 0) is 0 Å². The van der Waals surface area contributed by atoms with E-state index in [-0.39, 0.29) is 5.91 Å². The molecule has 16 heavy (non-hydrogen) atoms. The fraction of sp³-hybridized carbons (Fsp3) is 0.417. The Balaban J connectivity index is 2.00. The van der Waals surface area contributed by atoms with Crippen LogP contribution >= 0.6 is 27.5 Å². The maximum absolute atomic E-state index is 11.8. The molecule has 1 aliphatic rings. The van der Waals surface area contributed by atoms with E-state index in [1.807, 2.05) is 0 Å². The van der Waals surface area contributed by atoms with Crippen molar-refractivity contribution in [3.63, 3.8) is 0 Å². The minimum Gasteiger partial charge on any atom is -0.351 e. The van der Waals surface area contributed by atoms with E-state index in [0.717, 1.165) is 11.0 Å². The maximum atomic E-state index is 11.8. The Morgan fingerprint density at radius 1 is 1.56 bits per heavy atom. The molecule has 0 aromatic heterocycles. The van der Waals surface area contributed by atoms with Gasteiger partial charge in [-0.05, 0) is 52.4 Å². The molecule has 0 radical (unpaired) electrons. The second-order valence-corrected chi connectivity index (χ2v) is 5.88. The number of halogens is 2. The summed E-state index contributed by atoms with van der Waals surface area (Å²) in [6.45, 7) is 2.94. The van der Waals surface area contributed by atoms with Crippen molar-refractivity contribution in [3.8, 4) is 0 Å². The van der Waals surface area contributed by atoms with Gasteiger partial charge in [-0.1, -0.05) is 18.5 Å². The first-order valence-corrected chi connectivity index (χ1v) is 6.41. The molecule has 0 saturated heterocycles. The van der Waals surface area contributed by atoms with Crippen LogP contribution in [0.15, 0.2) is 22.7 Å². The summed E-state index contributed by atoms with van der Waals surface area (Å²) in [5.41, 5.74) is 0.972. The summed E-state index contributed by atoms with van der Waals surface area (Å²) in [5.74, 6) is -0.0366. The fourth-order valence-electron chi connectivity index (χ4n) is 1.42. The van der Waals surface area contributed by atoms with Crippen LogP contribution in [0.3, 0.4) is 0 Å². The summed E-state index contributed by atoms with van der Waals surface area (Å²) in [6, 6.07) is 5.20. The second kappa shape index (κ2) is 4.38. The van der Waals surface area contributed by atoms with Crippen molar-refractivity contribution in [2.75, 3.05) is 6.54 Å². The topological polar surface area (TPSA) is 29.1 Å². The molecule has 0 unspecified atom stereocenters. The van der Waals surface area contributed by atoms with E-state index in [0.29, 0.717) is 16.0 Å². The Kier molecular flexibility index (Phi) is 3.27. The van der Waals surface area contributed by atoms with Crippen molar-refractivity contribution in [3.05, 3.63) is 33.3 Å². The molecule has 0 heterocycles. The van der Waals surface area contributed by atoms with Gasteiger partial charge in [0.15, 0.2) is 0 Å². The third-order valence-electron chi connectivity index (χ3n) is 2.96. The standard InChI is InChI=1S/C12H13BrClNO/c1-12(4-5-12)7-15-11(16)8-2-3-10(14)9(13)6-8/h2-3,6H,4-5,7H2,1H3,(H,15,16). The molecule has 0 atom stereocenters. The lowest BCUT2D eigenvalue weighted by Crippen LogP contribution is -2.28. The van der Waals surface area contributed by atoms with E-state index in [1.54, 1.807) is 18.2 Å². The van der Waals surface area contributed by atoms with Crippen LogP contribution in [0, 0.1) is 5.41 Å². The number of carbonyl (C=O) groups is 1. The first-order valence-electron chi connectivity index (χ1n) is 5.23. The lowest BCUT2D eigenvalue weighted by molar-refractivity contribution is 0.0946. The molecule has 4 heteroatoms. The molecule has 1 fully saturated rings. The smallest absolute Gasteiger partial charge is 0.251 e. The zero-order valence-electron chi connectivity index (χ0n) is 9.02. The molecule has 86 valence electrons. The SMILES string of the molecule is CC1(CNC(=O)c2ccc(Cl)c(Br)c2)CC1. The molecule has 1 aromatic carbocycles. The molecule has 1 saturated carbocycles. The van der Waals surface area contributed by atoms with Crippen molar-refractivity contribution >= 4 is 33.4 Å². The fourth-order valence-corrected chi connectivity index (χ4v) is 1.92. The molecule has 2 nitrogen and oxygen atoms in total. The van der Waals surface area contributed by atoms with Gasteiger partial charge in [0.05, 0.1) is 5.02 Å². The van der Waals surface area contributed by atoms with Gasteiger partial charge in [-0.2, -0.15) is 0 Å². The number of carbonyl (C=O) groups excluding carboxylic acids is 1.